The maximum atomic E-state index is 11.5. The zero-order chi connectivity index (χ0) is 15.8. The highest BCUT2D eigenvalue weighted by Crippen LogP contribution is 2.25. The predicted octanol–water partition coefficient (Wildman–Crippen LogP) is 2.06. The van der Waals surface area contributed by atoms with Crippen molar-refractivity contribution in [3.8, 4) is 0 Å². The lowest BCUT2D eigenvalue weighted by Gasteiger charge is -2.27. The first-order valence-electron chi connectivity index (χ1n) is 6.52. The maximum Gasteiger partial charge on any atom is 0.209 e. The molecule has 2 heterocycles. The second kappa shape index (κ2) is 5.55. The summed E-state index contributed by atoms with van der Waals surface area (Å²) in [5.74, 6) is 0.697. The van der Waals surface area contributed by atoms with Gasteiger partial charge in [0.15, 0.2) is 0 Å². The van der Waals surface area contributed by atoms with Gasteiger partial charge in [-0.2, -0.15) is 0 Å². The Morgan fingerprint density at radius 1 is 1.48 bits per heavy atom. The van der Waals surface area contributed by atoms with Crippen molar-refractivity contribution in [3.05, 3.63) is 24.3 Å². The molecule has 0 fully saturated rings. The molecule has 1 atom stereocenters. The molecular formula is C13H19ClN4O2S. The number of hydrogen-bond acceptors (Lipinski definition) is 4. The van der Waals surface area contributed by atoms with Crippen molar-refractivity contribution in [3.63, 3.8) is 0 Å². The Hall–Kier alpha value is -1.18. The molecule has 0 aliphatic rings. The summed E-state index contributed by atoms with van der Waals surface area (Å²) >= 11 is 6.20. The highest BCUT2D eigenvalue weighted by Gasteiger charge is 2.26. The van der Waals surface area contributed by atoms with Crippen LogP contribution in [0.1, 0.15) is 32.0 Å². The van der Waals surface area contributed by atoms with Crippen LogP contribution in [0.15, 0.2) is 18.5 Å². The quantitative estimate of drug-likeness (QED) is 0.851. The predicted molar refractivity (Wildman–Crippen MR) is 83.9 cm³/mol. The van der Waals surface area contributed by atoms with E-state index in [0.29, 0.717) is 12.4 Å². The fourth-order valence-corrected chi connectivity index (χ4v) is 3.63. The van der Waals surface area contributed by atoms with Gasteiger partial charge in [0.05, 0.1) is 23.3 Å². The number of halogens is 1. The Balaban J connectivity index is 2.47. The van der Waals surface area contributed by atoms with Gasteiger partial charge < -0.3 is 4.57 Å². The lowest BCUT2D eigenvalue weighted by Crippen LogP contribution is -2.46. The standard InChI is InChI=1S/C13H19ClN4O2S/c1-9(14)12-16-10-7-15-6-5-11(10)18(12)8-13(2,3)17-21(4,19)20/h5-7,9,17H,8H2,1-4H3. The normalized spacial score (nSPS) is 14.5. The Morgan fingerprint density at radius 2 is 2.14 bits per heavy atom. The van der Waals surface area contributed by atoms with Crippen molar-refractivity contribution >= 4 is 32.7 Å². The molecule has 8 heteroatoms. The zero-order valence-corrected chi connectivity index (χ0v) is 14.0. The van der Waals surface area contributed by atoms with Crippen molar-refractivity contribution in [2.45, 2.75) is 38.2 Å². The van der Waals surface area contributed by atoms with E-state index in [1.54, 1.807) is 12.4 Å². The van der Waals surface area contributed by atoms with Gasteiger partial charge in [0.25, 0.3) is 0 Å². The molecule has 0 bridgehead atoms. The van der Waals surface area contributed by atoms with Crippen LogP contribution in [0.5, 0.6) is 0 Å². The molecule has 2 aromatic heterocycles. The molecule has 6 nitrogen and oxygen atoms in total. The van der Waals surface area contributed by atoms with Crippen LogP contribution in [0, 0.1) is 0 Å². The number of nitrogens with one attached hydrogen (secondary N) is 1. The Morgan fingerprint density at radius 3 is 2.71 bits per heavy atom. The molecule has 0 aliphatic heterocycles. The van der Waals surface area contributed by atoms with Crippen LogP contribution in [0.25, 0.3) is 11.0 Å². The van der Waals surface area contributed by atoms with E-state index in [1.807, 2.05) is 31.4 Å². The molecular weight excluding hydrogens is 312 g/mol. The number of fused-ring (bicyclic) bond motifs is 1. The first-order valence-corrected chi connectivity index (χ1v) is 8.85. The molecule has 2 rings (SSSR count). The van der Waals surface area contributed by atoms with Crippen molar-refractivity contribution in [2.75, 3.05) is 6.26 Å². The highest BCUT2D eigenvalue weighted by atomic mass is 35.5. The molecule has 21 heavy (non-hydrogen) atoms. The summed E-state index contributed by atoms with van der Waals surface area (Å²) in [5, 5.41) is -0.286. The van der Waals surface area contributed by atoms with Crippen LogP contribution in [0.4, 0.5) is 0 Å². The number of imidazole rings is 1. The average molecular weight is 331 g/mol. The third-order valence-electron chi connectivity index (χ3n) is 2.95. The highest BCUT2D eigenvalue weighted by molar-refractivity contribution is 7.88. The molecule has 0 aliphatic carbocycles. The van der Waals surface area contributed by atoms with Gasteiger partial charge in [-0.05, 0) is 26.8 Å². The van der Waals surface area contributed by atoms with Gasteiger partial charge in [-0.1, -0.05) is 0 Å². The topological polar surface area (TPSA) is 76.9 Å². The number of sulfonamides is 1. The molecule has 1 N–H and O–H groups in total. The summed E-state index contributed by atoms with van der Waals surface area (Å²) < 4.78 is 27.5. The van der Waals surface area contributed by atoms with Crippen LogP contribution >= 0.6 is 11.6 Å². The molecule has 1 unspecified atom stereocenters. The molecule has 0 saturated heterocycles. The largest absolute Gasteiger partial charge is 0.325 e. The van der Waals surface area contributed by atoms with E-state index in [2.05, 4.69) is 14.7 Å². The Labute approximate surface area is 129 Å². The third kappa shape index (κ3) is 3.93. The van der Waals surface area contributed by atoms with E-state index in [0.717, 1.165) is 17.3 Å². The summed E-state index contributed by atoms with van der Waals surface area (Å²) in [6, 6.07) is 1.85. The Kier molecular flexibility index (Phi) is 4.28. The van der Waals surface area contributed by atoms with Gasteiger partial charge in [0.1, 0.15) is 11.3 Å². The number of hydrogen-bond donors (Lipinski definition) is 1. The molecule has 2 aromatic rings. The monoisotopic (exact) mass is 330 g/mol. The van der Waals surface area contributed by atoms with E-state index < -0.39 is 15.6 Å². The minimum atomic E-state index is -3.30. The van der Waals surface area contributed by atoms with E-state index >= 15 is 0 Å². The Bertz CT molecular complexity index is 753. The zero-order valence-electron chi connectivity index (χ0n) is 12.5. The SMILES string of the molecule is CC(Cl)c1nc2cnccc2n1CC(C)(C)NS(C)(=O)=O. The molecule has 116 valence electrons. The molecule has 0 aromatic carbocycles. The second-order valence-corrected chi connectivity index (χ2v) is 8.20. The number of aromatic nitrogens is 3. The lowest BCUT2D eigenvalue weighted by molar-refractivity contribution is 0.390. The van der Waals surface area contributed by atoms with Gasteiger partial charge in [0, 0.05) is 18.3 Å². The second-order valence-electron chi connectivity index (χ2n) is 5.79. The maximum absolute atomic E-state index is 11.5. The van der Waals surface area contributed by atoms with Crippen LogP contribution in [0.2, 0.25) is 0 Å². The summed E-state index contributed by atoms with van der Waals surface area (Å²) in [5.41, 5.74) is 0.969. The van der Waals surface area contributed by atoms with Gasteiger partial charge in [0.2, 0.25) is 10.0 Å². The molecule has 0 spiro atoms. The minimum Gasteiger partial charge on any atom is -0.325 e. The van der Waals surface area contributed by atoms with Gasteiger partial charge in [-0.25, -0.2) is 18.1 Å². The van der Waals surface area contributed by atoms with E-state index in [-0.39, 0.29) is 5.38 Å². The summed E-state index contributed by atoms with van der Waals surface area (Å²) in [6.07, 6.45) is 4.50. The van der Waals surface area contributed by atoms with Gasteiger partial charge >= 0.3 is 0 Å². The van der Waals surface area contributed by atoms with Gasteiger partial charge in [-0.3, -0.25) is 4.98 Å². The van der Waals surface area contributed by atoms with Crippen LogP contribution in [-0.4, -0.2) is 34.7 Å². The fraction of sp³-hybridized carbons (Fsp3) is 0.538. The van der Waals surface area contributed by atoms with Crippen molar-refractivity contribution in [1.29, 1.82) is 0 Å². The van der Waals surface area contributed by atoms with E-state index in [9.17, 15) is 8.42 Å². The van der Waals surface area contributed by atoms with Crippen LogP contribution < -0.4 is 4.72 Å². The first kappa shape index (κ1) is 16.2. The smallest absolute Gasteiger partial charge is 0.209 e. The van der Waals surface area contributed by atoms with E-state index in [4.69, 9.17) is 11.6 Å². The number of alkyl halides is 1. The van der Waals surface area contributed by atoms with Crippen molar-refractivity contribution in [2.24, 2.45) is 0 Å². The number of rotatable bonds is 5. The number of pyridine rings is 1. The van der Waals surface area contributed by atoms with Crippen LogP contribution in [-0.2, 0) is 16.6 Å². The third-order valence-corrected chi connectivity index (χ3v) is 4.07. The molecule has 0 radical (unpaired) electrons. The minimum absolute atomic E-state index is 0.286. The summed E-state index contributed by atoms with van der Waals surface area (Å²) in [4.78, 5) is 8.54. The molecule has 0 amide bonds. The fourth-order valence-electron chi connectivity index (χ4n) is 2.40. The van der Waals surface area contributed by atoms with Gasteiger partial charge in [-0.15, -0.1) is 11.6 Å². The van der Waals surface area contributed by atoms with E-state index in [1.165, 1.54) is 0 Å². The average Bonchev–Trinajstić information content (AvgIpc) is 2.65. The summed E-state index contributed by atoms with van der Waals surface area (Å²) in [7, 11) is -3.30. The van der Waals surface area contributed by atoms with Crippen LogP contribution in [0.3, 0.4) is 0 Å². The lowest BCUT2D eigenvalue weighted by atomic mass is 10.1. The number of nitrogens with zero attached hydrogens (tertiary/aromatic N) is 3. The first-order chi connectivity index (χ1) is 9.59. The van der Waals surface area contributed by atoms with Crippen molar-refractivity contribution in [1.82, 2.24) is 19.3 Å². The van der Waals surface area contributed by atoms with Crippen molar-refractivity contribution < 1.29 is 8.42 Å². The molecule has 0 saturated carbocycles. The summed E-state index contributed by atoms with van der Waals surface area (Å²) in [6.45, 7) is 5.91.